The van der Waals surface area contributed by atoms with Gasteiger partial charge in [0.05, 0.1) is 12.8 Å². The highest BCUT2D eigenvalue weighted by atomic mass is 19.1. The summed E-state index contributed by atoms with van der Waals surface area (Å²) in [5.74, 6) is -0.952. The summed E-state index contributed by atoms with van der Waals surface area (Å²) < 4.78 is 23.8. The standard InChI is InChI=1S/C20H19FN4O3/c1-3-27-20(26)18-19(28-13-15-8-10-17(21)11-9-15)25(24-23-18)22-12-16-7-5-4-6-14(16)2/h4-12H,3,13H2,1-2H3/b22-12+. The fourth-order valence-corrected chi connectivity index (χ4v) is 2.38. The first kappa shape index (κ1) is 19.2. The van der Waals surface area contributed by atoms with Crippen LogP contribution in [0.5, 0.6) is 5.88 Å². The number of ether oxygens (including phenoxy) is 2. The maximum absolute atomic E-state index is 13.1. The third kappa shape index (κ3) is 4.59. The summed E-state index contributed by atoms with van der Waals surface area (Å²) in [4.78, 5) is 13.3. The fraction of sp³-hybridized carbons (Fsp3) is 0.200. The Labute approximate surface area is 161 Å². The number of rotatable bonds is 7. The van der Waals surface area contributed by atoms with Crippen LogP contribution >= 0.6 is 0 Å². The lowest BCUT2D eigenvalue weighted by molar-refractivity contribution is 0.0513. The second-order valence-corrected chi connectivity index (χ2v) is 5.87. The van der Waals surface area contributed by atoms with Crippen LogP contribution in [0.4, 0.5) is 4.39 Å². The van der Waals surface area contributed by atoms with Gasteiger partial charge in [-0.25, -0.2) is 9.18 Å². The molecular weight excluding hydrogens is 363 g/mol. The van der Waals surface area contributed by atoms with Crippen LogP contribution in [0.3, 0.4) is 0 Å². The van der Waals surface area contributed by atoms with E-state index in [0.29, 0.717) is 5.56 Å². The maximum Gasteiger partial charge on any atom is 0.364 e. The molecule has 0 saturated carbocycles. The van der Waals surface area contributed by atoms with Gasteiger partial charge in [-0.3, -0.25) is 0 Å². The first-order valence-electron chi connectivity index (χ1n) is 8.68. The van der Waals surface area contributed by atoms with E-state index in [2.05, 4.69) is 15.4 Å². The van der Waals surface area contributed by atoms with Gasteiger partial charge < -0.3 is 9.47 Å². The van der Waals surface area contributed by atoms with Crippen molar-refractivity contribution in [2.24, 2.45) is 5.10 Å². The summed E-state index contributed by atoms with van der Waals surface area (Å²) in [5.41, 5.74) is 2.56. The van der Waals surface area contributed by atoms with Crippen LogP contribution in [0.2, 0.25) is 0 Å². The molecule has 0 unspecified atom stereocenters. The van der Waals surface area contributed by atoms with E-state index in [9.17, 15) is 9.18 Å². The van der Waals surface area contributed by atoms with E-state index in [1.165, 1.54) is 12.1 Å². The third-order valence-electron chi connectivity index (χ3n) is 3.87. The van der Waals surface area contributed by atoms with E-state index in [-0.39, 0.29) is 30.6 Å². The quantitative estimate of drug-likeness (QED) is 0.462. The average molecular weight is 382 g/mol. The number of aryl methyl sites for hydroxylation is 1. The van der Waals surface area contributed by atoms with Crippen molar-refractivity contribution < 1.29 is 18.7 Å². The lowest BCUT2D eigenvalue weighted by atomic mass is 10.1. The van der Waals surface area contributed by atoms with Gasteiger partial charge in [-0.05, 0) is 47.9 Å². The van der Waals surface area contributed by atoms with Gasteiger partial charge in [-0.2, -0.15) is 5.10 Å². The SMILES string of the molecule is CCOC(=O)c1nnn(/N=C/c2ccccc2C)c1OCc1ccc(F)cc1. The van der Waals surface area contributed by atoms with E-state index in [1.807, 2.05) is 31.2 Å². The first-order valence-corrected chi connectivity index (χ1v) is 8.68. The molecule has 1 heterocycles. The molecule has 0 aliphatic heterocycles. The minimum Gasteiger partial charge on any atom is -0.470 e. The molecule has 0 spiro atoms. The third-order valence-corrected chi connectivity index (χ3v) is 3.87. The van der Waals surface area contributed by atoms with Crippen molar-refractivity contribution in [3.05, 3.63) is 76.7 Å². The molecule has 0 aliphatic carbocycles. The van der Waals surface area contributed by atoms with Crippen LogP contribution in [-0.2, 0) is 11.3 Å². The zero-order chi connectivity index (χ0) is 19.9. The molecule has 7 nitrogen and oxygen atoms in total. The van der Waals surface area contributed by atoms with Crippen molar-refractivity contribution in [1.29, 1.82) is 0 Å². The molecule has 28 heavy (non-hydrogen) atoms. The molecule has 0 aliphatic rings. The van der Waals surface area contributed by atoms with Crippen molar-refractivity contribution in [3.63, 3.8) is 0 Å². The first-order chi connectivity index (χ1) is 13.6. The summed E-state index contributed by atoms with van der Waals surface area (Å²) in [6.45, 7) is 3.92. The second-order valence-electron chi connectivity index (χ2n) is 5.87. The number of halogens is 1. The molecular formula is C20H19FN4O3. The van der Waals surface area contributed by atoms with Gasteiger partial charge in [0.15, 0.2) is 0 Å². The highest BCUT2D eigenvalue weighted by Crippen LogP contribution is 2.19. The van der Waals surface area contributed by atoms with Crippen LogP contribution in [0, 0.1) is 12.7 Å². The second kappa shape index (κ2) is 8.90. The van der Waals surface area contributed by atoms with Crippen LogP contribution in [0.1, 0.15) is 34.1 Å². The maximum atomic E-state index is 13.1. The van der Waals surface area contributed by atoms with Gasteiger partial charge in [0, 0.05) is 0 Å². The molecule has 0 atom stereocenters. The molecule has 0 radical (unpaired) electrons. The van der Waals surface area contributed by atoms with Crippen LogP contribution in [-0.4, -0.2) is 33.9 Å². The summed E-state index contributed by atoms with van der Waals surface area (Å²) in [5, 5.41) is 12.0. The highest BCUT2D eigenvalue weighted by Gasteiger charge is 2.23. The Morgan fingerprint density at radius 1 is 1.21 bits per heavy atom. The van der Waals surface area contributed by atoms with Crippen molar-refractivity contribution in [2.45, 2.75) is 20.5 Å². The largest absolute Gasteiger partial charge is 0.470 e. The van der Waals surface area contributed by atoms with Crippen molar-refractivity contribution >= 4 is 12.2 Å². The highest BCUT2D eigenvalue weighted by molar-refractivity contribution is 5.89. The Kier molecular flexibility index (Phi) is 6.11. The smallest absolute Gasteiger partial charge is 0.364 e. The van der Waals surface area contributed by atoms with Crippen molar-refractivity contribution in [1.82, 2.24) is 15.1 Å². The lowest BCUT2D eigenvalue weighted by Crippen LogP contribution is -2.09. The zero-order valence-electron chi connectivity index (χ0n) is 15.5. The normalized spacial score (nSPS) is 11.0. The van der Waals surface area contributed by atoms with E-state index in [4.69, 9.17) is 9.47 Å². The number of carbonyl (C=O) groups is 1. The van der Waals surface area contributed by atoms with E-state index < -0.39 is 5.97 Å². The average Bonchev–Trinajstić information content (AvgIpc) is 3.10. The Bertz CT molecular complexity index is 983. The van der Waals surface area contributed by atoms with E-state index in [1.54, 1.807) is 25.3 Å². The monoisotopic (exact) mass is 382 g/mol. The minimum absolute atomic E-state index is 0.0487. The molecule has 2 aromatic carbocycles. The van der Waals surface area contributed by atoms with Gasteiger partial charge in [-0.15, -0.1) is 5.10 Å². The molecule has 0 saturated heterocycles. The molecule has 0 fully saturated rings. The Hall–Kier alpha value is -3.55. The number of aromatic nitrogens is 3. The lowest BCUT2D eigenvalue weighted by Gasteiger charge is -2.07. The Morgan fingerprint density at radius 2 is 1.96 bits per heavy atom. The minimum atomic E-state index is -0.658. The predicted molar refractivity (Wildman–Crippen MR) is 101 cm³/mol. The molecule has 0 N–H and O–H groups in total. The summed E-state index contributed by atoms with van der Waals surface area (Å²) in [7, 11) is 0. The molecule has 3 rings (SSSR count). The van der Waals surface area contributed by atoms with Crippen LogP contribution in [0.15, 0.2) is 53.6 Å². The molecule has 0 amide bonds. The van der Waals surface area contributed by atoms with Gasteiger partial charge in [0.25, 0.3) is 5.88 Å². The number of nitrogens with zero attached hydrogens (tertiary/aromatic N) is 4. The van der Waals surface area contributed by atoms with Gasteiger partial charge in [0.2, 0.25) is 5.69 Å². The molecule has 1 aromatic heterocycles. The van der Waals surface area contributed by atoms with Crippen LogP contribution in [0.25, 0.3) is 0 Å². The van der Waals surface area contributed by atoms with Crippen molar-refractivity contribution in [3.8, 4) is 5.88 Å². The van der Waals surface area contributed by atoms with Gasteiger partial charge in [-0.1, -0.05) is 41.2 Å². The fourth-order valence-electron chi connectivity index (χ4n) is 2.38. The topological polar surface area (TPSA) is 78.6 Å². The van der Waals surface area contributed by atoms with Crippen LogP contribution < -0.4 is 4.74 Å². The van der Waals surface area contributed by atoms with Gasteiger partial charge >= 0.3 is 5.97 Å². The number of hydrogen-bond acceptors (Lipinski definition) is 6. The number of carbonyl (C=O) groups excluding carboxylic acids is 1. The predicted octanol–water partition coefficient (Wildman–Crippen LogP) is 3.36. The Balaban J connectivity index is 1.87. The summed E-state index contributed by atoms with van der Waals surface area (Å²) in [6, 6.07) is 13.5. The molecule has 0 bridgehead atoms. The number of hydrogen-bond donors (Lipinski definition) is 0. The molecule has 3 aromatic rings. The Morgan fingerprint density at radius 3 is 2.68 bits per heavy atom. The van der Waals surface area contributed by atoms with E-state index in [0.717, 1.165) is 15.9 Å². The summed E-state index contributed by atoms with van der Waals surface area (Å²) in [6.07, 6.45) is 1.60. The zero-order valence-corrected chi connectivity index (χ0v) is 15.5. The van der Waals surface area contributed by atoms with Gasteiger partial charge in [0.1, 0.15) is 12.4 Å². The van der Waals surface area contributed by atoms with Crippen molar-refractivity contribution in [2.75, 3.05) is 6.61 Å². The number of benzene rings is 2. The summed E-state index contributed by atoms with van der Waals surface area (Å²) >= 11 is 0. The number of esters is 1. The molecule has 144 valence electrons. The molecule has 8 heteroatoms. The van der Waals surface area contributed by atoms with E-state index >= 15 is 0 Å².